The van der Waals surface area contributed by atoms with E-state index in [-0.39, 0.29) is 12.5 Å². The van der Waals surface area contributed by atoms with Crippen LogP contribution in [0.4, 0.5) is 5.69 Å². The Hall–Kier alpha value is -2.21. The standard InChI is InChI=1S/C17H24N4O2/c1-13(2)9-10-15-19-17(23-20-15)12-21(3)11-16(22)18-14-7-5-4-6-8-14/h4-8,13H,9-12H2,1-3H3,(H,18,22). The fourth-order valence-corrected chi connectivity index (χ4v) is 2.13. The number of amides is 1. The average molecular weight is 316 g/mol. The highest BCUT2D eigenvalue weighted by Gasteiger charge is 2.12. The molecule has 0 spiro atoms. The summed E-state index contributed by atoms with van der Waals surface area (Å²) in [5, 5.41) is 6.82. The smallest absolute Gasteiger partial charge is 0.240 e. The summed E-state index contributed by atoms with van der Waals surface area (Å²) in [6.45, 7) is 5.05. The molecule has 6 heteroatoms. The van der Waals surface area contributed by atoms with Crippen molar-refractivity contribution in [2.75, 3.05) is 18.9 Å². The quantitative estimate of drug-likeness (QED) is 0.811. The summed E-state index contributed by atoms with van der Waals surface area (Å²) >= 11 is 0. The summed E-state index contributed by atoms with van der Waals surface area (Å²) in [6.07, 6.45) is 1.85. The van der Waals surface area contributed by atoms with E-state index >= 15 is 0 Å². The first-order chi connectivity index (χ1) is 11.0. The maximum absolute atomic E-state index is 12.0. The van der Waals surface area contributed by atoms with Gasteiger partial charge in [0.15, 0.2) is 5.82 Å². The Morgan fingerprint density at radius 3 is 2.74 bits per heavy atom. The molecule has 2 aromatic rings. The Bertz CT molecular complexity index is 610. The highest BCUT2D eigenvalue weighted by Crippen LogP contribution is 2.08. The van der Waals surface area contributed by atoms with Gasteiger partial charge in [-0.3, -0.25) is 9.69 Å². The zero-order valence-corrected chi connectivity index (χ0v) is 14.0. The van der Waals surface area contributed by atoms with Crippen molar-refractivity contribution < 1.29 is 9.32 Å². The van der Waals surface area contributed by atoms with Crippen LogP contribution in [0, 0.1) is 5.92 Å². The van der Waals surface area contributed by atoms with E-state index in [9.17, 15) is 4.79 Å². The highest BCUT2D eigenvalue weighted by atomic mass is 16.5. The van der Waals surface area contributed by atoms with Crippen LogP contribution in [0.5, 0.6) is 0 Å². The maximum Gasteiger partial charge on any atom is 0.240 e. The lowest BCUT2D eigenvalue weighted by Gasteiger charge is -2.13. The first-order valence-corrected chi connectivity index (χ1v) is 7.88. The van der Waals surface area contributed by atoms with Gasteiger partial charge in [-0.2, -0.15) is 4.98 Å². The molecule has 0 aliphatic rings. The molecule has 0 unspecified atom stereocenters. The number of carbonyl (C=O) groups excluding carboxylic acids is 1. The Kier molecular flexibility index (Phi) is 6.29. The zero-order valence-electron chi connectivity index (χ0n) is 14.0. The second kappa shape index (κ2) is 8.43. The second-order valence-corrected chi connectivity index (χ2v) is 6.12. The lowest BCUT2D eigenvalue weighted by atomic mass is 10.1. The maximum atomic E-state index is 12.0. The molecular weight excluding hydrogens is 292 g/mol. The molecule has 1 heterocycles. The summed E-state index contributed by atoms with van der Waals surface area (Å²) in [6, 6.07) is 9.40. The first kappa shape index (κ1) is 17.1. The van der Waals surface area contributed by atoms with Crippen molar-refractivity contribution in [2.24, 2.45) is 5.92 Å². The van der Waals surface area contributed by atoms with Gasteiger partial charge in [0.2, 0.25) is 11.8 Å². The summed E-state index contributed by atoms with van der Waals surface area (Å²) in [5.74, 6) is 1.81. The normalized spacial score (nSPS) is 11.2. The fourth-order valence-electron chi connectivity index (χ4n) is 2.13. The number of carbonyl (C=O) groups is 1. The molecule has 23 heavy (non-hydrogen) atoms. The number of likely N-dealkylation sites (N-methyl/N-ethyl adjacent to an activating group) is 1. The van der Waals surface area contributed by atoms with Gasteiger partial charge < -0.3 is 9.84 Å². The van der Waals surface area contributed by atoms with Crippen LogP contribution in [-0.4, -0.2) is 34.5 Å². The number of aromatic nitrogens is 2. The number of para-hydroxylation sites is 1. The third-order valence-electron chi connectivity index (χ3n) is 3.33. The van der Waals surface area contributed by atoms with Gasteiger partial charge in [0.05, 0.1) is 13.1 Å². The molecular formula is C17H24N4O2. The summed E-state index contributed by atoms with van der Waals surface area (Å²) in [4.78, 5) is 18.2. The molecule has 0 saturated heterocycles. The Labute approximate surface area is 136 Å². The molecule has 0 atom stereocenters. The molecule has 1 aromatic carbocycles. The van der Waals surface area contributed by atoms with E-state index in [2.05, 4.69) is 29.3 Å². The van der Waals surface area contributed by atoms with Crippen molar-refractivity contribution >= 4 is 11.6 Å². The molecule has 0 aliphatic heterocycles. The monoisotopic (exact) mass is 316 g/mol. The van der Waals surface area contributed by atoms with Crippen LogP contribution >= 0.6 is 0 Å². The minimum Gasteiger partial charge on any atom is -0.338 e. The number of aryl methyl sites for hydroxylation is 1. The van der Waals surface area contributed by atoms with E-state index in [1.54, 1.807) is 0 Å². The van der Waals surface area contributed by atoms with Crippen LogP contribution in [0.1, 0.15) is 32.0 Å². The summed E-state index contributed by atoms with van der Waals surface area (Å²) < 4.78 is 5.23. The molecule has 1 N–H and O–H groups in total. The number of benzene rings is 1. The minimum atomic E-state index is -0.0711. The van der Waals surface area contributed by atoms with Crippen LogP contribution in [0.3, 0.4) is 0 Å². The van der Waals surface area contributed by atoms with Crippen molar-refractivity contribution in [3.63, 3.8) is 0 Å². The zero-order chi connectivity index (χ0) is 16.7. The van der Waals surface area contributed by atoms with Gasteiger partial charge in [-0.1, -0.05) is 37.2 Å². The predicted molar refractivity (Wildman–Crippen MR) is 88.9 cm³/mol. The fraction of sp³-hybridized carbons (Fsp3) is 0.471. The first-order valence-electron chi connectivity index (χ1n) is 7.88. The summed E-state index contributed by atoms with van der Waals surface area (Å²) in [5.41, 5.74) is 0.791. The number of hydrogen-bond acceptors (Lipinski definition) is 5. The van der Waals surface area contributed by atoms with Crippen LogP contribution in [0.2, 0.25) is 0 Å². The Morgan fingerprint density at radius 1 is 1.30 bits per heavy atom. The molecule has 0 fully saturated rings. The van der Waals surface area contributed by atoms with Crippen LogP contribution < -0.4 is 5.32 Å². The van der Waals surface area contributed by atoms with Crippen molar-refractivity contribution in [1.82, 2.24) is 15.0 Å². The molecule has 1 aromatic heterocycles. The number of nitrogens with zero attached hydrogens (tertiary/aromatic N) is 3. The molecule has 0 radical (unpaired) electrons. The summed E-state index contributed by atoms with van der Waals surface area (Å²) in [7, 11) is 1.85. The van der Waals surface area contributed by atoms with E-state index in [4.69, 9.17) is 4.52 Å². The van der Waals surface area contributed by atoms with Gasteiger partial charge in [0.25, 0.3) is 0 Å². The van der Waals surface area contributed by atoms with Gasteiger partial charge in [-0.25, -0.2) is 0 Å². The predicted octanol–water partition coefficient (Wildman–Crippen LogP) is 2.73. The van der Waals surface area contributed by atoms with Crippen LogP contribution in [-0.2, 0) is 17.8 Å². The largest absolute Gasteiger partial charge is 0.338 e. The number of nitrogens with one attached hydrogen (secondary N) is 1. The van der Waals surface area contributed by atoms with E-state index < -0.39 is 0 Å². The van der Waals surface area contributed by atoms with Crippen LogP contribution in [0.15, 0.2) is 34.9 Å². The van der Waals surface area contributed by atoms with Gasteiger partial charge in [-0.05, 0) is 31.5 Å². The molecule has 0 saturated carbocycles. The van der Waals surface area contributed by atoms with Gasteiger partial charge in [-0.15, -0.1) is 0 Å². The Morgan fingerprint density at radius 2 is 2.04 bits per heavy atom. The molecule has 0 bridgehead atoms. The number of hydrogen-bond donors (Lipinski definition) is 1. The van der Waals surface area contributed by atoms with Crippen molar-refractivity contribution in [1.29, 1.82) is 0 Å². The van der Waals surface area contributed by atoms with E-state index in [0.717, 1.165) is 24.4 Å². The lowest BCUT2D eigenvalue weighted by Crippen LogP contribution is -2.29. The molecule has 6 nitrogen and oxygen atoms in total. The topological polar surface area (TPSA) is 71.3 Å². The van der Waals surface area contributed by atoms with E-state index in [1.807, 2.05) is 42.3 Å². The second-order valence-electron chi connectivity index (χ2n) is 6.12. The molecule has 1 amide bonds. The van der Waals surface area contributed by atoms with Gasteiger partial charge in [0, 0.05) is 12.1 Å². The van der Waals surface area contributed by atoms with Crippen molar-refractivity contribution in [3.05, 3.63) is 42.0 Å². The van der Waals surface area contributed by atoms with Crippen molar-refractivity contribution in [2.45, 2.75) is 33.2 Å². The van der Waals surface area contributed by atoms with Crippen molar-refractivity contribution in [3.8, 4) is 0 Å². The van der Waals surface area contributed by atoms with E-state index in [1.165, 1.54) is 0 Å². The lowest BCUT2D eigenvalue weighted by molar-refractivity contribution is -0.117. The SMILES string of the molecule is CC(C)CCc1noc(CN(C)CC(=O)Nc2ccccc2)n1. The molecule has 124 valence electrons. The number of anilines is 1. The van der Waals surface area contributed by atoms with Gasteiger partial charge >= 0.3 is 0 Å². The third-order valence-corrected chi connectivity index (χ3v) is 3.33. The molecule has 0 aliphatic carbocycles. The number of rotatable bonds is 8. The Balaban J connectivity index is 1.78. The molecule has 2 rings (SSSR count). The minimum absolute atomic E-state index is 0.0711. The highest BCUT2D eigenvalue weighted by molar-refractivity contribution is 5.92. The average Bonchev–Trinajstić information content (AvgIpc) is 2.93. The third kappa shape index (κ3) is 6.20. The van der Waals surface area contributed by atoms with E-state index in [0.29, 0.717) is 18.4 Å². The van der Waals surface area contributed by atoms with Gasteiger partial charge in [0.1, 0.15) is 0 Å². The van der Waals surface area contributed by atoms with Crippen LogP contribution in [0.25, 0.3) is 0 Å².